The highest BCUT2D eigenvalue weighted by molar-refractivity contribution is 5.93. The Morgan fingerprint density at radius 2 is 2.00 bits per heavy atom. The zero-order chi connectivity index (χ0) is 20.9. The van der Waals surface area contributed by atoms with Gasteiger partial charge in [-0.3, -0.25) is 9.88 Å². The molecule has 3 aromatic rings. The monoisotopic (exact) mass is 402 g/mol. The average Bonchev–Trinajstić information content (AvgIpc) is 3.28. The molecule has 0 aliphatic carbocycles. The van der Waals surface area contributed by atoms with Gasteiger partial charge in [0.1, 0.15) is 11.4 Å². The van der Waals surface area contributed by atoms with Crippen molar-refractivity contribution in [1.82, 2.24) is 14.9 Å². The fourth-order valence-corrected chi connectivity index (χ4v) is 4.14. The number of nitrogens with zero attached hydrogens (tertiary/aromatic N) is 4. The second kappa shape index (κ2) is 9.05. The molecule has 0 unspecified atom stereocenters. The van der Waals surface area contributed by atoms with E-state index in [-0.39, 0.29) is 5.56 Å². The summed E-state index contributed by atoms with van der Waals surface area (Å²) in [6, 6.07) is 18.2. The molecule has 0 amide bonds. The molecule has 6 nitrogen and oxygen atoms in total. The zero-order valence-corrected chi connectivity index (χ0v) is 17.1. The van der Waals surface area contributed by atoms with Crippen LogP contribution in [-0.4, -0.2) is 51.6 Å². The van der Waals surface area contributed by atoms with Gasteiger partial charge >= 0.3 is 5.97 Å². The third-order valence-electron chi connectivity index (χ3n) is 5.68. The van der Waals surface area contributed by atoms with E-state index in [0.717, 1.165) is 43.9 Å². The van der Waals surface area contributed by atoms with E-state index in [2.05, 4.69) is 51.0 Å². The predicted octanol–water partition coefficient (Wildman–Crippen LogP) is 3.94. The third-order valence-corrected chi connectivity index (χ3v) is 5.68. The van der Waals surface area contributed by atoms with Crippen LogP contribution in [0, 0.1) is 0 Å². The summed E-state index contributed by atoms with van der Waals surface area (Å²) in [6.45, 7) is 5.55. The smallest absolute Gasteiger partial charge is 0.339 e. The fourth-order valence-electron chi connectivity index (χ4n) is 4.14. The summed E-state index contributed by atoms with van der Waals surface area (Å²) in [7, 11) is 0. The van der Waals surface area contributed by atoms with Crippen LogP contribution in [0.1, 0.15) is 29.3 Å². The van der Waals surface area contributed by atoms with E-state index in [9.17, 15) is 9.90 Å². The number of carboxylic acid groups (broad SMARTS) is 1. The number of benzene rings is 1. The Labute approximate surface area is 176 Å². The Hall–Kier alpha value is -3.25. The van der Waals surface area contributed by atoms with Gasteiger partial charge in [0.25, 0.3) is 0 Å². The van der Waals surface area contributed by atoms with Gasteiger partial charge in [-0.1, -0.05) is 31.2 Å². The van der Waals surface area contributed by atoms with Crippen LogP contribution in [0.15, 0.2) is 67.0 Å². The number of aromatic carboxylic acids is 1. The summed E-state index contributed by atoms with van der Waals surface area (Å²) in [4.78, 5) is 24.9. The van der Waals surface area contributed by atoms with Crippen molar-refractivity contribution in [2.24, 2.45) is 0 Å². The van der Waals surface area contributed by atoms with E-state index < -0.39 is 5.97 Å². The molecule has 1 saturated heterocycles. The maximum absolute atomic E-state index is 11.6. The molecule has 0 spiro atoms. The van der Waals surface area contributed by atoms with Crippen LogP contribution >= 0.6 is 0 Å². The number of pyridine rings is 2. The molecule has 1 aromatic carbocycles. The number of anilines is 1. The number of carbonyl (C=O) groups is 1. The Morgan fingerprint density at radius 3 is 2.77 bits per heavy atom. The van der Waals surface area contributed by atoms with Gasteiger partial charge in [-0.25, -0.2) is 9.78 Å². The van der Waals surface area contributed by atoms with Crippen LogP contribution in [0.4, 0.5) is 5.82 Å². The number of hydrogen-bond donors (Lipinski definition) is 1. The highest BCUT2D eigenvalue weighted by Gasteiger charge is 2.30. The minimum atomic E-state index is -0.930. The second-order valence-corrected chi connectivity index (χ2v) is 7.55. The molecule has 1 fully saturated rings. The van der Waals surface area contributed by atoms with E-state index in [1.165, 1.54) is 5.56 Å². The van der Waals surface area contributed by atoms with E-state index in [1.807, 2.05) is 24.4 Å². The van der Waals surface area contributed by atoms with Crippen LogP contribution in [0.25, 0.3) is 11.3 Å². The van der Waals surface area contributed by atoms with Gasteiger partial charge in [-0.15, -0.1) is 0 Å². The lowest BCUT2D eigenvalue weighted by atomic mass is 10.1. The van der Waals surface area contributed by atoms with Crippen LogP contribution in [0.3, 0.4) is 0 Å². The summed E-state index contributed by atoms with van der Waals surface area (Å²) in [6.07, 6.45) is 4.47. The predicted molar refractivity (Wildman–Crippen MR) is 118 cm³/mol. The summed E-state index contributed by atoms with van der Waals surface area (Å²) in [5.74, 6) is -0.360. The van der Waals surface area contributed by atoms with Crippen molar-refractivity contribution >= 4 is 11.8 Å². The number of rotatable bonds is 7. The summed E-state index contributed by atoms with van der Waals surface area (Å²) >= 11 is 0. The fraction of sp³-hybridized carbons (Fsp3) is 0.292. The summed E-state index contributed by atoms with van der Waals surface area (Å²) in [5.41, 5.74) is 3.62. The second-order valence-electron chi connectivity index (χ2n) is 7.55. The molecule has 2 aromatic heterocycles. The minimum Gasteiger partial charge on any atom is -0.478 e. The number of carboxylic acids is 1. The van der Waals surface area contributed by atoms with Crippen molar-refractivity contribution < 1.29 is 9.90 Å². The van der Waals surface area contributed by atoms with E-state index in [0.29, 0.717) is 11.9 Å². The van der Waals surface area contributed by atoms with Gasteiger partial charge in [0.2, 0.25) is 0 Å². The molecule has 4 rings (SSSR count). The molecule has 30 heavy (non-hydrogen) atoms. The number of hydrogen-bond acceptors (Lipinski definition) is 5. The maximum Gasteiger partial charge on any atom is 0.339 e. The highest BCUT2D eigenvalue weighted by Crippen LogP contribution is 2.26. The van der Waals surface area contributed by atoms with Gasteiger partial charge in [0, 0.05) is 43.6 Å². The van der Waals surface area contributed by atoms with E-state index >= 15 is 0 Å². The van der Waals surface area contributed by atoms with Crippen LogP contribution < -0.4 is 4.90 Å². The van der Waals surface area contributed by atoms with Gasteiger partial charge in [-0.2, -0.15) is 0 Å². The first-order valence-corrected chi connectivity index (χ1v) is 10.3. The summed E-state index contributed by atoms with van der Waals surface area (Å²) < 4.78 is 0. The number of aromatic nitrogens is 2. The quantitative estimate of drug-likeness (QED) is 0.646. The lowest BCUT2D eigenvalue weighted by Gasteiger charge is -2.28. The van der Waals surface area contributed by atoms with Crippen molar-refractivity contribution in [2.75, 3.05) is 24.5 Å². The Balaban J connectivity index is 1.48. The lowest BCUT2D eigenvalue weighted by molar-refractivity contribution is 0.0697. The Bertz CT molecular complexity index is 1010. The van der Waals surface area contributed by atoms with Crippen molar-refractivity contribution in [3.8, 4) is 11.3 Å². The molecule has 0 bridgehead atoms. The first-order chi connectivity index (χ1) is 14.7. The molecule has 0 radical (unpaired) electrons. The van der Waals surface area contributed by atoms with Crippen LogP contribution in [0.2, 0.25) is 0 Å². The molecule has 1 aliphatic heterocycles. The topological polar surface area (TPSA) is 69.6 Å². The number of likely N-dealkylation sites (N-methyl/N-ethyl adjacent to an activating group) is 1. The van der Waals surface area contributed by atoms with Crippen molar-refractivity contribution in [2.45, 2.75) is 25.9 Å². The maximum atomic E-state index is 11.6. The lowest BCUT2D eigenvalue weighted by Crippen LogP contribution is -2.37. The molecule has 1 N–H and O–H groups in total. The van der Waals surface area contributed by atoms with Crippen LogP contribution in [0.5, 0.6) is 0 Å². The van der Waals surface area contributed by atoms with Gasteiger partial charge in [-0.05, 0) is 48.9 Å². The Kier molecular flexibility index (Phi) is 6.05. The largest absolute Gasteiger partial charge is 0.478 e. The SMILES string of the molecule is CCN(Cc1cccc(-c2ccccn2)c1)[C@@H]1CCN(c2ncccc2C(=O)O)C1. The normalized spacial score (nSPS) is 16.2. The van der Waals surface area contributed by atoms with E-state index in [1.54, 1.807) is 18.3 Å². The van der Waals surface area contributed by atoms with Crippen molar-refractivity contribution in [3.63, 3.8) is 0 Å². The van der Waals surface area contributed by atoms with Gasteiger partial charge in [0.05, 0.1) is 5.69 Å². The molecule has 6 heteroatoms. The molecule has 154 valence electrons. The highest BCUT2D eigenvalue weighted by atomic mass is 16.4. The molecular formula is C24H26N4O2. The molecule has 3 heterocycles. The standard InChI is InChI=1S/C24H26N4O2/c1-2-27(16-18-7-5-8-19(15-18)22-10-3-4-12-25-22)20-11-14-28(17-20)23-21(24(29)30)9-6-13-26-23/h3-10,12-13,15,20H,2,11,14,16-17H2,1H3,(H,29,30)/t20-/m1/s1. The first kappa shape index (κ1) is 20.0. The molecular weight excluding hydrogens is 376 g/mol. The van der Waals surface area contributed by atoms with Crippen molar-refractivity contribution in [1.29, 1.82) is 0 Å². The first-order valence-electron chi connectivity index (χ1n) is 10.3. The molecule has 1 aliphatic rings. The van der Waals surface area contributed by atoms with Crippen molar-refractivity contribution in [3.05, 3.63) is 78.1 Å². The third kappa shape index (κ3) is 4.33. The van der Waals surface area contributed by atoms with Gasteiger partial charge in [0.15, 0.2) is 0 Å². The van der Waals surface area contributed by atoms with E-state index in [4.69, 9.17) is 0 Å². The molecule has 1 atom stereocenters. The average molecular weight is 402 g/mol. The Morgan fingerprint density at radius 1 is 1.13 bits per heavy atom. The molecule has 0 saturated carbocycles. The van der Waals surface area contributed by atoms with Crippen LogP contribution in [-0.2, 0) is 6.54 Å². The zero-order valence-electron chi connectivity index (χ0n) is 17.1. The minimum absolute atomic E-state index is 0.268. The van der Waals surface area contributed by atoms with Gasteiger partial charge < -0.3 is 10.0 Å². The summed E-state index contributed by atoms with van der Waals surface area (Å²) in [5, 5.41) is 9.48.